The van der Waals surface area contributed by atoms with Crippen LogP contribution in [0.25, 0.3) is 0 Å². The molecular weight excluding hydrogens is 260 g/mol. The number of hydrogen-bond donors (Lipinski definition) is 2. The highest BCUT2D eigenvalue weighted by Gasteiger charge is 2.37. The molecule has 1 aromatic carbocycles. The molecule has 1 fully saturated rings. The number of piperidine rings is 1. The molecule has 1 aromatic rings. The second-order valence-corrected chi connectivity index (χ2v) is 6.36. The number of aryl methyl sites for hydroxylation is 1. The van der Waals surface area contributed by atoms with Crippen molar-refractivity contribution >= 4 is 23.2 Å². The smallest absolute Gasteiger partial charge is 0.242 e. The lowest BCUT2D eigenvalue weighted by molar-refractivity contribution is -0.121. The Hall–Kier alpha value is -1.06. The van der Waals surface area contributed by atoms with E-state index in [1.807, 2.05) is 19.1 Å². The van der Waals surface area contributed by atoms with E-state index in [-0.39, 0.29) is 17.4 Å². The van der Waals surface area contributed by atoms with Crippen molar-refractivity contribution in [3.05, 3.63) is 28.8 Å². The molecule has 104 valence electrons. The summed E-state index contributed by atoms with van der Waals surface area (Å²) in [4.78, 5) is 12.4. The molecule has 0 aliphatic carbocycles. The third kappa shape index (κ3) is 3.28. The number of anilines is 1. The van der Waals surface area contributed by atoms with Crippen LogP contribution in [0.5, 0.6) is 0 Å². The van der Waals surface area contributed by atoms with Gasteiger partial charge in [-0.2, -0.15) is 0 Å². The lowest BCUT2D eigenvalue weighted by atomic mass is 9.77. The topological polar surface area (TPSA) is 41.1 Å². The molecule has 0 bridgehead atoms. The minimum absolute atomic E-state index is 0.0112. The lowest BCUT2D eigenvalue weighted by Crippen LogP contribution is -2.53. The van der Waals surface area contributed by atoms with Gasteiger partial charge >= 0.3 is 0 Å². The van der Waals surface area contributed by atoms with Crippen molar-refractivity contribution in [1.29, 1.82) is 0 Å². The molecule has 3 nitrogen and oxygen atoms in total. The Balaban J connectivity index is 2.12. The molecule has 1 saturated heterocycles. The van der Waals surface area contributed by atoms with Gasteiger partial charge in [-0.3, -0.25) is 4.79 Å². The first kappa shape index (κ1) is 14.4. The van der Waals surface area contributed by atoms with Crippen LogP contribution in [-0.2, 0) is 4.79 Å². The van der Waals surface area contributed by atoms with Gasteiger partial charge in [-0.25, -0.2) is 0 Å². The average molecular weight is 281 g/mol. The van der Waals surface area contributed by atoms with E-state index in [4.69, 9.17) is 11.6 Å². The maximum atomic E-state index is 12.4. The van der Waals surface area contributed by atoms with Crippen LogP contribution in [-0.4, -0.2) is 18.5 Å². The van der Waals surface area contributed by atoms with Crippen LogP contribution >= 0.6 is 11.6 Å². The zero-order valence-corrected chi connectivity index (χ0v) is 12.5. The van der Waals surface area contributed by atoms with Gasteiger partial charge in [0.2, 0.25) is 5.91 Å². The van der Waals surface area contributed by atoms with Crippen molar-refractivity contribution in [2.45, 2.75) is 39.7 Å². The Bertz CT molecular complexity index is 485. The summed E-state index contributed by atoms with van der Waals surface area (Å²) in [5.74, 6) is 0.0372. The maximum absolute atomic E-state index is 12.4. The molecule has 1 unspecified atom stereocenters. The fourth-order valence-corrected chi connectivity index (χ4v) is 2.86. The summed E-state index contributed by atoms with van der Waals surface area (Å²) in [7, 11) is 0. The standard InChI is InChI=1S/C15H21ClN2O/c1-10-9-11(16)5-6-12(10)18-14(19)13-15(2,3)7-4-8-17-13/h5-6,9,13,17H,4,7-8H2,1-3H3,(H,18,19). The van der Waals surface area contributed by atoms with Crippen molar-refractivity contribution < 1.29 is 4.79 Å². The van der Waals surface area contributed by atoms with Gasteiger partial charge < -0.3 is 10.6 Å². The first-order chi connectivity index (χ1) is 8.90. The Morgan fingerprint density at radius 1 is 1.47 bits per heavy atom. The molecule has 1 heterocycles. The summed E-state index contributed by atoms with van der Waals surface area (Å²) < 4.78 is 0. The lowest BCUT2D eigenvalue weighted by Gasteiger charge is -2.38. The van der Waals surface area contributed by atoms with Crippen LogP contribution in [0, 0.1) is 12.3 Å². The predicted molar refractivity (Wildman–Crippen MR) is 79.6 cm³/mol. The van der Waals surface area contributed by atoms with Gasteiger partial charge in [-0.1, -0.05) is 25.4 Å². The van der Waals surface area contributed by atoms with E-state index >= 15 is 0 Å². The van der Waals surface area contributed by atoms with Crippen LogP contribution in [0.4, 0.5) is 5.69 Å². The normalized spacial score (nSPS) is 22.0. The number of benzene rings is 1. The highest BCUT2D eigenvalue weighted by atomic mass is 35.5. The second-order valence-electron chi connectivity index (χ2n) is 5.93. The minimum Gasteiger partial charge on any atom is -0.324 e. The number of carbonyl (C=O) groups is 1. The largest absolute Gasteiger partial charge is 0.324 e. The van der Waals surface area contributed by atoms with E-state index in [1.165, 1.54) is 0 Å². The molecule has 1 amide bonds. The average Bonchev–Trinajstić information content (AvgIpc) is 2.32. The van der Waals surface area contributed by atoms with Crippen molar-refractivity contribution in [1.82, 2.24) is 5.32 Å². The quantitative estimate of drug-likeness (QED) is 0.872. The first-order valence-electron chi connectivity index (χ1n) is 6.70. The summed E-state index contributed by atoms with van der Waals surface area (Å²) in [6.45, 7) is 7.12. The van der Waals surface area contributed by atoms with Crippen LogP contribution in [0.15, 0.2) is 18.2 Å². The van der Waals surface area contributed by atoms with E-state index in [0.717, 1.165) is 30.6 Å². The zero-order valence-electron chi connectivity index (χ0n) is 11.7. The van der Waals surface area contributed by atoms with Crippen molar-refractivity contribution in [3.63, 3.8) is 0 Å². The van der Waals surface area contributed by atoms with E-state index in [0.29, 0.717) is 5.02 Å². The highest BCUT2D eigenvalue weighted by Crippen LogP contribution is 2.31. The predicted octanol–water partition coefficient (Wildman–Crippen LogP) is 3.37. The van der Waals surface area contributed by atoms with Crippen LogP contribution in [0.1, 0.15) is 32.3 Å². The summed E-state index contributed by atoms with van der Waals surface area (Å²) in [6, 6.07) is 5.36. The third-order valence-electron chi connectivity index (χ3n) is 3.84. The van der Waals surface area contributed by atoms with Crippen molar-refractivity contribution in [3.8, 4) is 0 Å². The summed E-state index contributed by atoms with van der Waals surface area (Å²) >= 11 is 5.92. The molecule has 0 aromatic heterocycles. The van der Waals surface area contributed by atoms with Crippen LogP contribution < -0.4 is 10.6 Å². The number of hydrogen-bond acceptors (Lipinski definition) is 2. The Morgan fingerprint density at radius 3 is 2.84 bits per heavy atom. The number of amides is 1. The SMILES string of the molecule is Cc1cc(Cl)ccc1NC(=O)C1NCCCC1(C)C. The maximum Gasteiger partial charge on any atom is 0.242 e. The van der Waals surface area contributed by atoms with E-state index < -0.39 is 0 Å². The number of carbonyl (C=O) groups excluding carboxylic acids is 1. The molecule has 1 aliphatic heterocycles. The molecule has 2 rings (SSSR count). The molecule has 1 aliphatic rings. The monoisotopic (exact) mass is 280 g/mol. The number of rotatable bonds is 2. The Kier molecular flexibility index (Phi) is 4.16. The Morgan fingerprint density at radius 2 is 2.21 bits per heavy atom. The van der Waals surface area contributed by atoms with Crippen molar-refractivity contribution in [2.75, 3.05) is 11.9 Å². The van der Waals surface area contributed by atoms with Crippen LogP contribution in [0.2, 0.25) is 5.02 Å². The van der Waals surface area contributed by atoms with Gasteiger partial charge in [0.1, 0.15) is 0 Å². The van der Waals surface area contributed by atoms with Gasteiger partial charge in [-0.15, -0.1) is 0 Å². The first-order valence-corrected chi connectivity index (χ1v) is 7.08. The second kappa shape index (κ2) is 5.51. The molecule has 0 saturated carbocycles. The molecular formula is C15H21ClN2O. The van der Waals surface area contributed by atoms with Crippen molar-refractivity contribution in [2.24, 2.45) is 5.41 Å². The number of halogens is 1. The van der Waals surface area contributed by atoms with Crippen LogP contribution in [0.3, 0.4) is 0 Å². The fraction of sp³-hybridized carbons (Fsp3) is 0.533. The minimum atomic E-state index is -0.142. The molecule has 1 atom stereocenters. The fourth-order valence-electron chi connectivity index (χ4n) is 2.63. The van der Waals surface area contributed by atoms with E-state index in [1.54, 1.807) is 6.07 Å². The van der Waals surface area contributed by atoms with Gasteiger partial charge in [0.15, 0.2) is 0 Å². The molecule has 19 heavy (non-hydrogen) atoms. The molecule has 4 heteroatoms. The molecule has 2 N–H and O–H groups in total. The third-order valence-corrected chi connectivity index (χ3v) is 4.07. The molecule has 0 spiro atoms. The summed E-state index contributed by atoms with van der Waals surface area (Å²) in [6.07, 6.45) is 2.19. The van der Waals surface area contributed by atoms with Gasteiger partial charge in [0, 0.05) is 10.7 Å². The highest BCUT2D eigenvalue weighted by molar-refractivity contribution is 6.30. The van der Waals surface area contributed by atoms with E-state index in [2.05, 4.69) is 24.5 Å². The zero-order chi connectivity index (χ0) is 14.0. The Labute approximate surface area is 119 Å². The summed E-state index contributed by atoms with van der Waals surface area (Å²) in [5, 5.41) is 7.01. The van der Waals surface area contributed by atoms with E-state index in [9.17, 15) is 4.79 Å². The van der Waals surface area contributed by atoms with Gasteiger partial charge in [0.25, 0.3) is 0 Å². The van der Waals surface area contributed by atoms with Gasteiger partial charge in [0.05, 0.1) is 6.04 Å². The van der Waals surface area contributed by atoms with Gasteiger partial charge in [-0.05, 0) is 55.5 Å². The molecule has 0 radical (unpaired) electrons. The summed E-state index contributed by atoms with van der Waals surface area (Å²) in [5.41, 5.74) is 1.80. The number of nitrogens with one attached hydrogen (secondary N) is 2.